The van der Waals surface area contributed by atoms with E-state index in [9.17, 15) is 4.79 Å². The van der Waals surface area contributed by atoms with Crippen LogP contribution in [-0.4, -0.2) is 36.5 Å². The van der Waals surface area contributed by atoms with Gasteiger partial charge < -0.3 is 10.2 Å². The van der Waals surface area contributed by atoms with Gasteiger partial charge in [-0.15, -0.1) is 12.4 Å². The van der Waals surface area contributed by atoms with Crippen molar-refractivity contribution in [1.29, 1.82) is 0 Å². The molecule has 0 saturated carbocycles. The van der Waals surface area contributed by atoms with Gasteiger partial charge in [0.15, 0.2) is 0 Å². The molecule has 2 unspecified atom stereocenters. The van der Waals surface area contributed by atoms with Crippen molar-refractivity contribution in [3.05, 3.63) is 35.9 Å². The average molecular weight is 309 g/mol. The van der Waals surface area contributed by atoms with E-state index in [1.54, 1.807) is 0 Å². The monoisotopic (exact) mass is 308 g/mol. The molecule has 2 atom stereocenters. The highest BCUT2D eigenvalue weighted by Crippen LogP contribution is 2.33. The quantitative estimate of drug-likeness (QED) is 0.911. The molecule has 4 heteroatoms. The lowest BCUT2D eigenvalue weighted by atomic mass is 9.96. The number of carbonyl (C=O) groups excluding carboxylic acids is 1. The summed E-state index contributed by atoms with van der Waals surface area (Å²) in [5.41, 5.74) is 1.37. The zero-order valence-electron chi connectivity index (χ0n) is 12.6. The lowest BCUT2D eigenvalue weighted by molar-refractivity contribution is -0.136. The highest BCUT2D eigenvalue weighted by Gasteiger charge is 2.36. The van der Waals surface area contributed by atoms with E-state index in [2.05, 4.69) is 47.5 Å². The molecule has 2 heterocycles. The number of piperidine rings is 1. The Kier molecular flexibility index (Phi) is 5.65. The number of rotatable bonds is 2. The van der Waals surface area contributed by atoms with Crippen LogP contribution in [0.2, 0.25) is 0 Å². The number of likely N-dealkylation sites (tertiary alicyclic amines) is 1. The zero-order chi connectivity index (χ0) is 13.9. The van der Waals surface area contributed by atoms with Gasteiger partial charge in [-0.05, 0) is 44.8 Å². The minimum atomic E-state index is 0. The second-order valence-electron chi connectivity index (χ2n) is 6.21. The van der Waals surface area contributed by atoms with Crippen LogP contribution in [0, 0.1) is 5.92 Å². The Balaban J connectivity index is 0.00000161. The summed E-state index contributed by atoms with van der Waals surface area (Å²) in [6.45, 7) is 5.07. The normalized spacial score (nSPS) is 26.4. The minimum absolute atomic E-state index is 0. The summed E-state index contributed by atoms with van der Waals surface area (Å²) in [5, 5.41) is 3.34. The van der Waals surface area contributed by atoms with Gasteiger partial charge in [-0.1, -0.05) is 30.3 Å². The van der Waals surface area contributed by atoms with E-state index in [1.807, 2.05) is 0 Å². The van der Waals surface area contributed by atoms with E-state index in [-0.39, 0.29) is 18.3 Å². The fourth-order valence-corrected chi connectivity index (χ4v) is 3.61. The van der Waals surface area contributed by atoms with Crippen LogP contribution in [0.15, 0.2) is 30.3 Å². The Morgan fingerprint density at radius 3 is 2.52 bits per heavy atom. The molecule has 1 amide bonds. The minimum Gasteiger partial charge on any atom is -0.339 e. The second-order valence-corrected chi connectivity index (χ2v) is 6.21. The van der Waals surface area contributed by atoms with E-state index in [1.165, 1.54) is 5.56 Å². The number of nitrogens with zero attached hydrogens (tertiary/aromatic N) is 1. The van der Waals surface area contributed by atoms with Crippen molar-refractivity contribution in [2.75, 3.05) is 19.6 Å². The fraction of sp³-hybridized carbons (Fsp3) is 0.588. The molecule has 3 rings (SSSR count). The van der Waals surface area contributed by atoms with E-state index >= 15 is 0 Å². The molecule has 2 fully saturated rings. The van der Waals surface area contributed by atoms with E-state index in [0.29, 0.717) is 17.9 Å². The van der Waals surface area contributed by atoms with Crippen LogP contribution < -0.4 is 5.32 Å². The first-order valence-corrected chi connectivity index (χ1v) is 7.82. The van der Waals surface area contributed by atoms with Crippen LogP contribution >= 0.6 is 12.4 Å². The van der Waals surface area contributed by atoms with Crippen LogP contribution in [-0.2, 0) is 4.79 Å². The SMILES string of the molecule is CC1CC(c2ccccc2)CN1C(=O)C1CCNCC1.Cl. The maximum absolute atomic E-state index is 12.7. The van der Waals surface area contributed by atoms with E-state index in [0.717, 1.165) is 38.9 Å². The molecule has 2 aliphatic rings. The van der Waals surface area contributed by atoms with Gasteiger partial charge in [-0.2, -0.15) is 0 Å². The molecule has 0 aromatic heterocycles. The third-order valence-electron chi connectivity index (χ3n) is 4.82. The van der Waals surface area contributed by atoms with Crippen molar-refractivity contribution < 1.29 is 4.79 Å². The van der Waals surface area contributed by atoms with Crippen LogP contribution in [0.5, 0.6) is 0 Å². The number of benzene rings is 1. The third kappa shape index (κ3) is 3.58. The molecule has 1 aromatic carbocycles. The van der Waals surface area contributed by atoms with Gasteiger partial charge in [0.2, 0.25) is 5.91 Å². The van der Waals surface area contributed by atoms with Gasteiger partial charge >= 0.3 is 0 Å². The molecule has 3 nitrogen and oxygen atoms in total. The van der Waals surface area contributed by atoms with Gasteiger partial charge in [-0.25, -0.2) is 0 Å². The molecule has 116 valence electrons. The van der Waals surface area contributed by atoms with Gasteiger partial charge in [0.25, 0.3) is 0 Å². The summed E-state index contributed by atoms with van der Waals surface area (Å²) < 4.78 is 0. The molecule has 1 aromatic rings. The third-order valence-corrected chi connectivity index (χ3v) is 4.82. The van der Waals surface area contributed by atoms with Crippen LogP contribution in [0.25, 0.3) is 0 Å². The molecule has 2 aliphatic heterocycles. The van der Waals surface area contributed by atoms with Gasteiger partial charge in [0, 0.05) is 24.4 Å². The Morgan fingerprint density at radius 1 is 1.19 bits per heavy atom. The van der Waals surface area contributed by atoms with Crippen LogP contribution in [0.1, 0.15) is 37.7 Å². The average Bonchev–Trinajstić information content (AvgIpc) is 2.90. The van der Waals surface area contributed by atoms with Crippen LogP contribution in [0.4, 0.5) is 0 Å². The molecular weight excluding hydrogens is 284 g/mol. The first-order valence-electron chi connectivity index (χ1n) is 7.82. The lowest BCUT2D eigenvalue weighted by Gasteiger charge is -2.29. The number of hydrogen-bond acceptors (Lipinski definition) is 2. The number of hydrogen-bond donors (Lipinski definition) is 1. The number of amides is 1. The van der Waals surface area contributed by atoms with Gasteiger partial charge in [0.1, 0.15) is 0 Å². The Labute approximate surface area is 133 Å². The number of nitrogens with one attached hydrogen (secondary N) is 1. The van der Waals surface area contributed by atoms with Crippen molar-refractivity contribution in [3.8, 4) is 0 Å². The van der Waals surface area contributed by atoms with E-state index in [4.69, 9.17) is 0 Å². The molecule has 21 heavy (non-hydrogen) atoms. The van der Waals surface area contributed by atoms with E-state index < -0.39 is 0 Å². The highest BCUT2D eigenvalue weighted by atomic mass is 35.5. The van der Waals surface area contributed by atoms with Crippen LogP contribution in [0.3, 0.4) is 0 Å². The molecular formula is C17H25ClN2O. The summed E-state index contributed by atoms with van der Waals surface area (Å²) in [5.74, 6) is 1.14. The van der Waals surface area contributed by atoms with Crippen molar-refractivity contribution in [2.24, 2.45) is 5.92 Å². The Hall–Kier alpha value is -1.06. The molecule has 0 radical (unpaired) electrons. The maximum atomic E-state index is 12.7. The molecule has 0 spiro atoms. The summed E-state index contributed by atoms with van der Waals surface area (Å²) in [6.07, 6.45) is 3.09. The summed E-state index contributed by atoms with van der Waals surface area (Å²) in [6, 6.07) is 11.0. The lowest BCUT2D eigenvalue weighted by Crippen LogP contribution is -2.42. The maximum Gasteiger partial charge on any atom is 0.226 e. The topological polar surface area (TPSA) is 32.3 Å². The van der Waals surface area contributed by atoms with Gasteiger partial charge in [0.05, 0.1) is 0 Å². The smallest absolute Gasteiger partial charge is 0.226 e. The predicted molar refractivity (Wildman–Crippen MR) is 87.8 cm³/mol. The molecule has 0 bridgehead atoms. The first kappa shape index (κ1) is 16.3. The summed E-state index contributed by atoms with van der Waals surface area (Å²) >= 11 is 0. The number of carbonyl (C=O) groups is 1. The van der Waals surface area contributed by atoms with Crippen molar-refractivity contribution in [1.82, 2.24) is 10.2 Å². The zero-order valence-corrected chi connectivity index (χ0v) is 13.4. The van der Waals surface area contributed by atoms with Crippen molar-refractivity contribution in [2.45, 2.75) is 38.1 Å². The first-order chi connectivity index (χ1) is 9.75. The highest BCUT2D eigenvalue weighted by molar-refractivity contribution is 5.85. The van der Waals surface area contributed by atoms with Crippen molar-refractivity contribution in [3.63, 3.8) is 0 Å². The standard InChI is InChI=1S/C17H24N2O.ClH/c1-13-11-16(14-5-3-2-4-6-14)12-19(13)17(20)15-7-9-18-10-8-15;/h2-6,13,15-16,18H,7-12H2,1H3;1H. The Morgan fingerprint density at radius 2 is 1.86 bits per heavy atom. The number of halogens is 1. The largest absolute Gasteiger partial charge is 0.339 e. The Bertz CT molecular complexity index is 459. The fourth-order valence-electron chi connectivity index (χ4n) is 3.61. The van der Waals surface area contributed by atoms with Crippen molar-refractivity contribution >= 4 is 18.3 Å². The summed E-state index contributed by atoms with van der Waals surface area (Å²) in [4.78, 5) is 14.8. The molecule has 1 N–H and O–H groups in total. The molecule has 0 aliphatic carbocycles. The van der Waals surface area contributed by atoms with Gasteiger partial charge in [-0.3, -0.25) is 4.79 Å². The summed E-state index contributed by atoms with van der Waals surface area (Å²) in [7, 11) is 0. The predicted octanol–water partition coefficient (Wildman–Crippen LogP) is 2.81. The molecule has 2 saturated heterocycles. The second kappa shape index (κ2) is 7.28.